The van der Waals surface area contributed by atoms with Gasteiger partial charge in [0.25, 0.3) is 0 Å². The van der Waals surface area contributed by atoms with Gasteiger partial charge in [0.15, 0.2) is 5.82 Å². The van der Waals surface area contributed by atoms with Crippen molar-refractivity contribution in [2.75, 3.05) is 4.90 Å². The van der Waals surface area contributed by atoms with Crippen molar-refractivity contribution in [1.29, 1.82) is 0 Å². The fourth-order valence-electron chi connectivity index (χ4n) is 2.36. The summed E-state index contributed by atoms with van der Waals surface area (Å²) >= 11 is 3.20. The Kier molecular flexibility index (Phi) is 4.30. The minimum Gasteiger partial charge on any atom is -0.464 e. The van der Waals surface area contributed by atoms with E-state index in [1.807, 2.05) is 0 Å². The number of aromatic nitrogens is 3. The number of para-hydroxylation sites is 1. The van der Waals surface area contributed by atoms with Crippen LogP contribution < -0.4 is 4.90 Å². The number of amides is 1. The maximum atomic E-state index is 14.3. The van der Waals surface area contributed by atoms with Crippen molar-refractivity contribution < 1.29 is 14.3 Å². The lowest BCUT2D eigenvalue weighted by Gasteiger charge is -2.20. The SMILES string of the molecule is Cn1nnc(-c2ccc(Br)cc2F)c1N(C(=O)O)c1ccccc1. The van der Waals surface area contributed by atoms with Crippen molar-refractivity contribution in [2.24, 2.45) is 7.05 Å². The molecule has 122 valence electrons. The molecule has 8 heteroatoms. The number of nitrogens with zero attached hydrogens (tertiary/aromatic N) is 4. The van der Waals surface area contributed by atoms with E-state index in [4.69, 9.17) is 0 Å². The van der Waals surface area contributed by atoms with Gasteiger partial charge in [-0.3, -0.25) is 0 Å². The van der Waals surface area contributed by atoms with Crippen molar-refractivity contribution in [3.8, 4) is 11.3 Å². The first-order chi connectivity index (χ1) is 11.5. The molecule has 24 heavy (non-hydrogen) atoms. The fraction of sp³-hybridized carbons (Fsp3) is 0.0625. The third-order valence-corrected chi connectivity index (χ3v) is 3.89. The Morgan fingerprint density at radius 2 is 1.96 bits per heavy atom. The van der Waals surface area contributed by atoms with E-state index in [9.17, 15) is 14.3 Å². The second-order valence-corrected chi connectivity index (χ2v) is 5.88. The van der Waals surface area contributed by atoms with Crippen LogP contribution in [0.3, 0.4) is 0 Å². The number of hydrogen-bond acceptors (Lipinski definition) is 3. The smallest absolute Gasteiger partial charge is 0.417 e. The van der Waals surface area contributed by atoms with Crippen LogP contribution in [0.2, 0.25) is 0 Å². The van der Waals surface area contributed by atoms with Crippen molar-refractivity contribution in [3.05, 3.63) is 58.8 Å². The van der Waals surface area contributed by atoms with Crippen LogP contribution in [-0.4, -0.2) is 26.2 Å². The molecule has 0 aliphatic heterocycles. The average Bonchev–Trinajstić information content (AvgIpc) is 2.90. The lowest BCUT2D eigenvalue weighted by atomic mass is 10.1. The summed E-state index contributed by atoms with van der Waals surface area (Å²) in [5, 5.41) is 17.5. The summed E-state index contributed by atoms with van der Waals surface area (Å²) in [6, 6.07) is 13.0. The van der Waals surface area contributed by atoms with E-state index in [0.717, 1.165) is 4.90 Å². The molecule has 0 unspecified atom stereocenters. The zero-order chi connectivity index (χ0) is 17.3. The number of carboxylic acid groups (broad SMARTS) is 1. The van der Waals surface area contributed by atoms with Gasteiger partial charge in [-0.05, 0) is 30.3 Å². The quantitative estimate of drug-likeness (QED) is 0.727. The zero-order valence-corrected chi connectivity index (χ0v) is 14.1. The number of anilines is 2. The molecule has 0 fully saturated rings. The number of hydrogen-bond donors (Lipinski definition) is 1. The summed E-state index contributed by atoms with van der Waals surface area (Å²) in [6.45, 7) is 0. The Bertz CT molecular complexity index is 898. The van der Waals surface area contributed by atoms with Gasteiger partial charge in [-0.25, -0.2) is 18.8 Å². The normalized spacial score (nSPS) is 10.6. The van der Waals surface area contributed by atoms with Crippen LogP contribution >= 0.6 is 15.9 Å². The summed E-state index contributed by atoms with van der Waals surface area (Å²) in [5.74, 6) is -0.362. The van der Waals surface area contributed by atoms with Crippen molar-refractivity contribution in [3.63, 3.8) is 0 Å². The molecular formula is C16H12BrFN4O2. The van der Waals surface area contributed by atoms with Gasteiger partial charge in [-0.2, -0.15) is 0 Å². The molecule has 2 aromatic carbocycles. The Morgan fingerprint density at radius 3 is 2.58 bits per heavy atom. The Hall–Kier alpha value is -2.74. The first-order valence-electron chi connectivity index (χ1n) is 6.92. The number of aryl methyl sites for hydroxylation is 1. The van der Waals surface area contributed by atoms with Gasteiger partial charge in [0, 0.05) is 17.1 Å². The molecular weight excluding hydrogens is 379 g/mol. The predicted molar refractivity (Wildman–Crippen MR) is 90.7 cm³/mol. The van der Waals surface area contributed by atoms with Crippen LogP contribution in [0.1, 0.15) is 0 Å². The molecule has 1 heterocycles. The molecule has 0 saturated carbocycles. The molecule has 0 aliphatic carbocycles. The van der Waals surface area contributed by atoms with E-state index in [1.165, 1.54) is 16.8 Å². The maximum Gasteiger partial charge on any atom is 0.417 e. The predicted octanol–water partition coefficient (Wildman–Crippen LogP) is 4.20. The van der Waals surface area contributed by atoms with E-state index in [1.54, 1.807) is 43.4 Å². The number of carbonyl (C=O) groups is 1. The standard InChI is InChI=1S/C16H12BrFN4O2/c1-21-15(22(16(23)24)11-5-3-2-4-6-11)14(19-20-21)12-8-7-10(17)9-13(12)18/h2-9H,1H3,(H,23,24). The third kappa shape index (κ3) is 2.88. The van der Waals surface area contributed by atoms with Crippen molar-refractivity contribution in [2.45, 2.75) is 0 Å². The lowest BCUT2D eigenvalue weighted by Crippen LogP contribution is -2.26. The van der Waals surface area contributed by atoms with Crippen LogP contribution in [0.25, 0.3) is 11.3 Å². The van der Waals surface area contributed by atoms with E-state index >= 15 is 0 Å². The Balaban J connectivity index is 2.21. The van der Waals surface area contributed by atoms with Gasteiger partial charge in [0.05, 0.1) is 5.69 Å². The van der Waals surface area contributed by atoms with Gasteiger partial charge >= 0.3 is 6.09 Å². The molecule has 1 aromatic heterocycles. The molecule has 0 aliphatic rings. The van der Waals surface area contributed by atoms with Crippen molar-refractivity contribution in [1.82, 2.24) is 15.0 Å². The highest BCUT2D eigenvalue weighted by Gasteiger charge is 2.27. The summed E-state index contributed by atoms with van der Waals surface area (Å²) in [4.78, 5) is 12.9. The summed E-state index contributed by atoms with van der Waals surface area (Å²) in [5.41, 5.74) is 0.728. The zero-order valence-electron chi connectivity index (χ0n) is 12.5. The molecule has 1 amide bonds. The molecule has 3 rings (SSSR count). The monoisotopic (exact) mass is 390 g/mol. The minimum atomic E-state index is -1.22. The molecule has 0 spiro atoms. The third-order valence-electron chi connectivity index (χ3n) is 3.40. The number of benzene rings is 2. The van der Waals surface area contributed by atoms with E-state index in [2.05, 4.69) is 26.2 Å². The summed E-state index contributed by atoms with van der Waals surface area (Å²) in [7, 11) is 1.56. The van der Waals surface area contributed by atoms with Crippen LogP contribution in [0.15, 0.2) is 53.0 Å². The average molecular weight is 391 g/mol. The highest BCUT2D eigenvalue weighted by Crippen LogP contribution is 2.35. The Labute approximate surface area is 145 Å². The Morgan fingerprint density at radius 1 is 1.25 bits per heavy atom. The number of rotatable bonds is 3. The molecule has 0 atom stereocenters. The fourth-order valence-corrected chi connectivity index (χ4v) is 2.69. The van der Waals surface area contributed by atoms with Gasteiger partial charge in [0.2, 0.25) is 0 Å². The van der Waals surface area contributed by atoms with Crippen molar-refractivity contribution >= 4 is 33.5 Å². The molecule has 6 nitrogen and oxygen atoms in total. The highest BCUT2D eigenvalue weighted by molar-refractivity contribution is 9.10. The van der Waals surface area contributed by atoms with Crippen LogP contribution in [0.5, 0.6) is 0 Å². The van der Waals surface area contributed by atoms with Crippen LogP contribution in [0, 0.1) is 5.82 Å². The van der Waals surface area contributed by atoms with Gasteiger partial charge in [-0.15, -0.1) is 5.10 Å². The van der Waals surface area contributed by atoms with E-state index in [0.29, 0.717) is 10.2 Å². The van der Waals surface area contributed by atoms with E-state index < -0.39 is 11.9 Å². The van der Waals surface area contributed by atoms with Gasteiger partial charge in [-0.1, -0.05) is 39.3 Å². The largest absolute Gasteiger partial charge is 0.464 e. The molecule has 0 radical (unpaired) electrons. The topological polar surface area (TPSA) is 71.2 Å². The van der Waals surface area contributed by atoms with Crippen LogP contribution in [-0.2, 0) is 7.05 Å². The second kappa shape index (κ2) is 6.40. The molecule has 0 bridgehead atoms. The second-order valence-electron chi connectivity index (χ2n) is 4.96. The maximum absolute atomic E-state index is 14.3. The van der Waals surface area contributed by atoms with Gasteiger partial charge in [0.1, 0.15) is 11.5 Å². The number of halogens is 2. The van der Waals surface area contributed by atoms with Gasteiger partial charge < -0.3 is 5.11 Å². The minimum absolute atomic E-state index is 0.147. The first kappa shape index (κ1) is 16.1. The molecule has 3 aromatic rings. The summed E-state index contributed by atoms with van der Waals surface area (Å²) in [6.07, 6.45) is -1.22. The summed E-state index contributed by atoms with van der Waals surface area (Å²) < 4.78 is 16.2. The first-order valence-corrected chi connectivity index (χ1v) is 7.71. The molecule has 1 N–H and O–H groups in total. The lowest BCUT2D eigenvalue weighted by molar-refractivity contribution is 0.204. The highest BCUT2D eigenvalue weighted by atomic mass is 79.9. The van der Waals surface area contributed by atoms with Crippen LogP contribution in [0.4, 0.5) is 20.7 Å². The molecule has 0 saturated heterocycles. The van der Waals surface area contributed by atoms with E-state index in [-0.39, 0.29) is 17.1 Å².